The van der Waals surface area contributed by atoms with Crippen molar-refractivity contribution < 1.29 is 19.1 Å². The van der Waals surface area contributed by atoms with Crippen LogP contribution in [0.3, 0.4) is 0 Å². The van der Waals surface area contributed by atoms with E-state index in [1.54, 1.807) is 12.0 Å². The van der Waals surface area contributed by atoms with E-state index >= 15 is 0 Å². The smallest absolute Gasteiger partial charge is 0.228 e. The van der Waals surface area contributed by atoms with Gasteiger partial charge in [0, 0.05) is 44.8 Å². The lowest BCUT2D eigenvalue weighted by atomic mass is 10.1. The van der Waals surface area contributed by atoms with E-state index in [4.69, 9.17) is 9.47 Å². The summed E-state index contributed by atoms with van der Waals surface area (Å²) in [7, 11) is 1.64. The Morgan fingerprint density at radius 2 is 1.97 bits per heavy atom. The Kier molecular flexibility index (Phi) is 7.10. The van der Waals surface area contributed by atoms with E-state index in [9.17, 15) is 9.59 Å². The van der Waals surface area contributed by atoms with Crippen LogP contribution in [0.25, 0.3) is 0 Å². The molecule has 2 aliphatic heterocycles. The van der Waals surface area contributed by atoms with Crippen molar-refractivity contribution in [3.8, 4) is 5.75 Å². The fraction of sp³-hybridized carbons (Fsp3) is 0.462. The molecule has 0 spiro atoms. The van der Waals surface area contributed by atoms with Gasteiger partial charge in [0.25, 0.3) is 0 Å². The van der Waals surface area contributed by atoms with Gasteiger partial charge in [-0.1, -0.05) is 48.0 Å². The fourth-order valence-corrected chi connectivity index (χ4v) is 4.57. The van der Waals surface area contributed by atoms with Crippen molar-refractivity contribution in [1.82, 2.24) is 9.80 Å². The fourth-order valence-electron chi connectivity index (χ4n) is 4.57. The minimum atomic E-state index is -0.330. The molecular formula is C26H32N2O4. The van der Waals surface area contributed by atoms with E-state index in [0.29, 0.717) is 26.2 Å². The first kappa shape index (κ1) is 22.3. The van der Waals surface area contributed by atoms with Gasteiger partial charge in [-0.05, 0) is 31.4 Å². The highest BCUT2D eigenvalue weighted by molar-refractivity contribution is 5.89. The van der Waals surface area contributed by atoms with Gasteiger partial charge in [-0.15, -0.1) is 0 Å². The van der Waals surface area contributed by atoms with Crippen molar-refractivity contribution in [2.45, 2.75) is 45.4 Å². The number of carbonyl (C=O) groups is 2. The lowest BCUT2D eigenvalue weighted by Gasteiger charge is -2.28. The third kappa shape index (κ3) is 5.30. The predicted octanol–water partition coefficient (Wildman–Crippen LogP) is 3.56. The monoisotopic (exact) mass is 436 g/mol. The SMILES string of the molecule is COc1ccccc1CN(CC1CCCO1)C(=O)C1CC(=O)N(Cc2ccc(C)cc2)C1. The molecule has 2 heterocycles. The summed E-state index contributed by atoms with van der Waals surface area (Å²) < 4.78 is 11.3. The van der Waals surface area contributed by atoms with E-state index in [1.165, 1.54) is 5.56 Å². The van der Waals surface area contributed by atoms with Crippen molar-refractivity contribution in [3.05, 3.63) is 65.2 Å². The maximum atomic E-state index is 13.6. The molecule has 6 nitrogen and oxygen atoms in total. The molecule has 2 aromatic carbocycles. The maximum Gasteiger partial charge on any atom is 0.228 e. The van der Waals surface area contributed by atoms with Gasteiger partial charge >= 0.3 is 0 Å². The molecule has 6 heteroatoms. The van der Waals surface area contributed by atoms with Gasteiger partial charge in [0.15, 0.2) is 0 Å². The van der Waals surface area contributed by atoms with Crippen LogP contribution in [-0.2, 0) is 27.4 Å². The molecule has 2 fully saturated rings. The van der Waals surface area contributed by atoms with Crippen molar-refractivity contribution in [2.75, 3.05) is 26.8 Å². The number of benzene rings is 2. The molecule has 0 bridgehead atoms. The number of hydrogen-bond acceptors (Lipinski definition) is 4. The number of likely N-dealkylation sites (tertiary alicyclic amines) is 1. The van der Waals surface area contributed by atoms with Crippen LogP contribution < -0.4 is 4.74 Å². The van der Waals surface area contributed by atoms with Crippen LogP contribution in [0.5, 0.6) is 5.75 Å². The lowest BCUT2D eigenvalue weighted by molar-refractivity contribution is -0.138. The third-order valence-corrected chi connectivity index (χ3v) is 6.37. The van der Waals surface area contributed by atoms with Crippen LogP contribution in [0, 0.1) is 12.8 Å². The van der Waals surface area contributed by atoms with E-state index in [0.717, 1.165) is 36.3 Å². The molecule has 2 aromatic rings. The normalized spacial score (nSPS) is 20.6. The topological polar surface area (TPSA) is 59.1 Å². The van der Waals surface area contributed by atoms with Gasteiger partial charge in [-0.25, -0.2) is 0 Å². The van der Waals surface area contributed by atoms with Gasteiger partial charge in [-0.3, -0.25) is 9.59 Å². The largest absolute Gasteiger partial charge is 0.496 e. The Bertz CT molecular complexity index is 937. The number of carbonyl (C=O) groups excluding carboxylic acids is 2. The lowest BCUT2D eigenvalue weighted by Crippen LogP contribution is -2.41. The number of para-hydroxylation sites is 1. The number of aryl methyl sites for hydroxylation is 1. The minimum Gasteiger partial charge on any atom is -0.496 e. The van der Waals surface area contributed by atoms with Crippen LogP contribution in [-0.4, -0.2) is 54.5 Å². The Hall–Kier alpha value is -2.86. The summed E-state index contributed by atoms with van der Waals surface area (Å²) in [6.07, 6.45) is 2.29. The first-order valence-electron chi connectivity index (χ1n) is 11.4. The molecule has 32 heavy (non-hydrogen) atoms. The van der Waals surface area contributed by atoms with E-state index in [1.807, 2.05) is 48.2 Å². The second kappa shape index (κ2) is 10.2. The zero-order chi connectivity index (χ0) is 22.5. The molecule has 2 atom stereocenters. The molecule has 0 aromatic heterocycles. The number of nitrogens with zero attached hydrogens (tertiary/aromatic N) is 2. The van der Waals surface area contributed by atoms with Gasteiger partial charge in [0.05, 0.1) is 19.1 Å². The number of hydrogen-bond donors (Lipinski definition) is 0. The second-order valence-corrected chi connectivity index (χ2v) is 8.83. The van der Waals surface area contributed by atoms with Crippen molar-refractivity contribution in [1.29, 1.82) is 0 Å². The van der Waals surface area contributed by atoms with Gasteiger partial charge in [0.1, 0.15) is 5.75 Å². The molecule has 0 radical (unpaired) electrons. The summed E-state index contributed by atoms with van der Waals surface area (Å²) in [5.41, 5.74) is 3.24. The quantitative estimate of drug-likeness (QED) is 0.635. The molecule has 2 aliphatic rings. The van der Waals surface area contributed by atoms with Crippen LogP contribution in [0.4, 0.5) is 0 Å². The Balaban J connectivity index is 1.47. The number of rotatable bonds is 8. The summed E-state index contributed by atoms with van der Waals surface area (Å²) in [6.45, 7) is 4.78. The molecule has 0 saturated carbocycles. The number of amides is 2. The first-order chi connectivity index (χ1) is 15.5. The average Bonchev–Trinajstić information content (AvgIpc) is 3.44. The summed E-state index contributed by atoms with van der Waals surface area (Å²) >= 11 is 0. The highest BCUT2D eigenvalue weighted by atomic mass is 16.5. The molecule has 2 amide bonds. The molecule has 4 rings (SSSR count). The second-order valence-electron chi connectivity index (χ2n) is 8.83. The Labute approximate surface area is 190 Å². The third-order valence-electron chi connectivity index (χ3n) is 6.37. The van der Waals surface area contributed by atoms with E-state index in [2.05, 4.69) is 12.1 Å². The van der Waals surface area contributed by atoms with Crippen LogP contribution in [0.15, 0.2) is 48.5 Å². The maximum absolute atomic E-state index is 13.6. The molecule has 2 unspecified atom stereocenters. The Morgan fingerprint density at radius 1 is 1.19 bits per heavy atom. The summed E-state index contributed by atoms with van der Waals surface area (Å²) in [5.74, 6) is 0.495. The van der Waals surface area contributed by atoms with Crippen molar-refractivity contribution in [3.63, 3.8) is 0 Å². The molecule has 0 N–H and O–H groups in total. The number of methoxy groups -OCH3 is 1. The van der Waals surface area contributed by atoms with Crippen molar-refractivity contribution in [2.24, 2.45) is 5.92 Å². The molecular weight excluding hydrogens is 404 g/mol. The molecule has 170 valence electrons. The minimum absolute atomic E-state index is 0.0196. The molecule has 0 aliphatic carbocycles. The summed E-state index contributed by atoms with van der Waals surface area (Å²) in [5, 5.41) is 0. The predicted molar refractivity (Wildman–Crippen MR) is 122 cm³/mol. The van der Waals surface area contributed by atoms with Crippen LogP contribution in [0.2, 0.25) is 0 Å². The number of ether oxygens (including phenoxy) is 2. The average molecular weight is 437 g/mol. The van der Waals surface area contributed by atoms with Gasteiger partial charge in [-0.2, -0.15) is 0 Å². The zero-order valence-corrected chi connectivity index (χ0v) is 19.0. The van der Waals surface area contributed by atoms with E-state index < -0.39 is 0 Å². The van der Waals surface area contributed by atoms with Crippen LogP contribution >= 0.6 is 0 Å². The summed E-state index contributed by atoms with van der Waals surface area (Å²) in [4.78, 5) is 29.9. The highest BCUT2D eigenvalue weighted by Gasteiger charge is 2.37. The van der Waals surface area contributed by atoms with E-state index in [-0.39, 0.29) is 30.3 Å². The van der Waals surface area contributed by atoms with Gasteiger partial charge in [0.2, 0.25) is 11.8 Å². The van der Waals surface area contributed by atoms with Gasteiger partial charge < -0.3 is 19.3 Å². The summed E-state index contributed by atoms with van der Waals surface area (Å²) in [6, 6.07) is 16.0. The highest BCUT2D eigenvalue weighted by Crippen LogP contribution is 2.26. The Morgan fingerprint density at radius 3 is 2.69 bits per heavy atom. The first-order valence-corrected chi connectivity index (χ1v) is 11.4. The van der Waals surface area contributed by atoms with Crippen molar-refractivity contribution >= 4 is 11.8 Å². The standard InChI is InChI=1S/C26H32N2O4/c1-19-9-11-20(12-10-19)15-27-17-22(14-25(27)29)26(30)28(18-23-7-5-13-32-23)16-21-6-3-4-8-24(21)31-2/h3-4,6,8-12,22-23H,5,7,13-18H2,1-2H3. The van der Waals surface area contributed by atoms with Crippen LogP contribution in [0.1, 0.15) is 36.0 Å². The molecule has 2 saturated heterocycles. The zero-order valence-electron chi connectivity index (χ0n) is 19.0.